The highest BCUT2D eigenvalue weighted by atomic mass is 19.3. The van der Waals surface area contributed by atoms with Crippen LogP contribution in [-0.2, 0) is 24.6 Å². The van der Waals surface area contributed by atoms with E-state index >= 15 is 13.2 Å². The van der Waals surface area contributed by atoms with Crippen LogP contribution in [0.3, 0.4) is 0 Å². The molecular weight excluding hydrogens is 786 g/mol. The van der Waals surface area contributed by atoms with Crippen molar-refractivity contribution in [2.45, 2.75) is 194 Å². The quantitative estimate of drug-likeness (QED) is 0.0383. The molecule has 0 fully saturated rings. The monoisotopic (exact) mass is 861 g/mol. The standard InChI is InChI=1S/C50H75F3O8/c1-5-9-13-17-21-25-33-58-45(54)41-31-29-39(37-43(41)47(56)60-35-27-23-19-15-11-7-3)50(53,49(51)52)40-30-32-42(46(55)59-34-26-22-18-14-10-6-2)44(38-40)48(57)61-36-28-24-20-16-12-8-4/h29-32,37-38,49H,5-28,33-36H2,1-4H3. The van der Waals surface area contributed by atoms with Gasteiger partial charge in [0, 0.05) is 11.1 Å². The van der Waals surface area contributed by atoms with Crippen molar-refractivity contribution >= 4 is 23.9 Å². The normalized spacial score (nSPS) is 11.5. The lowest BCUT2D eigenvalue weighted by molar-refractivity contribution is -0.0103. The predicted octanol–water partition coefficient (Wildman–Crippen LogP) is 14.2. The molecule has 0 N–H and O–H groups in total. The third-order valence-corrected chi connectivity index (χ3v) is 11.0. The van der Waals surface area contributed by atoms with E-state index in [1.807, 2.05) is 0 Å². The second-order valence-corrected chi connectivity index (χ2v) is 16.1. The molecular formula is C50H75F3O8. The van der Waals surface area contributed by atoms with Crippen molar-refractivity contribution in [2.75, 3.05) is 26.4 Å². The summed E-state index contributed by atoms with van der Waals surface area (Å²) in [6.45, 7) is 8.70. The van der Waals surface area contributed by atoms with Crippen LogP contribution in [0.15, 0.2) is 36.4 Å². The zero-order valence-corrected chi connectivity index (χ0v) is 37.7. The SMILES string of the molecule is CCCCCCCCOC(=O)c1ccc(C(F)(c2ccc(C(=O)OCCCCCCCC)c(C(=O)OCCCCCCCC)c2)C(F)F)cc1C(=O)OCCCCCCCC. The molecule has 0 aliphatic carbocycles. The molecule has 61 heavy (non-hydrogen) atoms. The van der Waals surface area contributed by atoms with E-state index in [2.05, 4.69) is 27.7 Å². The molecule has 0 saturated carbocycles. The minimum atomic E-state index is -3.71. The fourth-order valence-corrected chi connectivity index (χ4v) is 7.15. The van der Waals surface area contributed by atoms with Gasteiger partial charge in [-0.2, -0.15) is 0 Å². The summed E-state index contributed by atoms with van der Waals surface area (Å²) < 4.78 is 69.7. The first-order valence-electron chi connectivity index (χ1n) is 23.5. The van der Waals surface area contributed by atoms with Gasteiger partial charge in [-0.3, -0.25) is 0 Å². The van der Waals surface area contributed by atoms with Gasteiger partial charge in [-0.15, -0.1) is 0 Å². The molecule has 8 nitrogen and oxygen atoms in total. The number of hydrogen-bond acceptors (Lipinski definition) is 8. The van der Waals surface area contributed by atoms with Crippen LogP contribution >= 0.6 is 0 Å². The van der Waals surface area contributed by atoms with Crippen molar-refractivity contribution in [3.63, 3.8) is 0 Å². The molecule has 0 unspecified atom stereocenters. The zero-order chi connectivity index (χ0) is 44.7. The molecule has 0 bridgehead atoms. The third-order valence-electron chi connectivity index (χ3n) is 11.0. The topological polar surface area (TPSA) is 105 Å². The molecule has 2 rings (SSSR count). The van der Waals surface area contributed by atoms with Crippen LogP contribution in [0.2, 0.25) is 0 Å². The summed E-state index contributed by atoms with van der Waals surface area (Å²) in [6.07, 6.45) is 18.9. The average molecular weight is 861 g/mol. The minimum Gasteiger partial charge on any atom is -0.462 e. The molecule has 11 heteroatoms. The van der Waals surface area contributed by atoms with E-state index in [-0.39, 0.29) is 37.6 Å². The maximum absolute atomic E-state index is 17.3. The van der Waals surface area contributed by atoms with E-state index in [0.717, 1.165) is 165 Å². The number of halogens is 3. The molecule has 344 valence electrons. The molecule has 0 heterocycles. The number of carbonyl (C=O) groups is 4. The molecule has 0 atom stereocenters. The maximum atomic E-state index is 17.3. The number of ether oxygens (including phenoxy) is 4. The van der Waals surface area contributed by atoms with Crippen molar-refractivity contribution in [3.8, 4) is 0 Å². The fourth-order valence-electron chi connectivity index (χ4n) is 7.15. The van der Waals surface area contributed by atoms with E-state index < -0.39 is 58.2 Å². The van der Waals surface area contributed by atoms with Gasteiger partial charge in [0.1, 0.15) is 0 Å². The number of esters is 4. The van der Waals surface area contributed by atoms with E-state index in [0.29, 0.717) is 25.7 Å². The summed E-state index contributed by atoms with van der Waals surface area (Å²) >= 11 is 0. The van der Waals surface area contributed by atoms with Gasteiger partial charge in [-0.25, -0.2) is 32.3 Å². The summed E-state index contributed by atoms with van der Waals surface area (Å²) in [5.41, 5.74) is -6.18. The van der Waals surface area contributed by atoms with E-state index in [9.17, 15) is 19.2 Å². The molecule has 0 saturated heterocycles. The van der Waals surface area contributed by atoms with Gasteiger partial charge in [0.25, 0.3) is 6.43 Å². The van der Waals surface area contributed by atoms with Crippen LogP contribution in [-0.4, -0.2) is 56.7 Å². The highest BCUT2D eigenvalue weighted by molar-refractivity contribution is 6.04. The molecule has 2 aromatic rings. The largest absolute Gasteiger partial charge is 0.462 e. The minimum absolute atomic E-state index is 0.0255. The summed E-state index contributed by atoms with van der Waals surface area (Å²) in [7, 11) is 0. The Kier molecular flexibility index (Phi) is 27.8. The number of alkyl halides is 3. The van der Waals surface area contributed by atoms with Gasteiger partial charge in [-0.1, -0.05) is 168 Å². The molecule has 0 amide bonds. The Hall–Kier alpha value is -3.89. The summed E-state index contributed by atoms with van der Waals surface area (Å²) in [5, 5.41) is 0. The fraction of sp³-hybridized carbons (Fsp3) is 0.680. The third kappa shape index (κ3) is 19.4. The van der Waals surface area contributed by atoms with Crippen LogP contribution in [0.5, 0.6) is 0 Å². The molecule has 0 spiro atoms. The number of hydrogen-bond donors (Lipinski definition) is 0. The Morgan fingerprint density at radius 1 is 0.410 bits per heavy atom. The molecule has 0 aliphatic heterocycles. The molecule has 2 aromatic carbocycles. The Balaban J connectivity index is 2.48. The molecule has 0 aromatic heterocycles. The van der Waals surface area contributed by atoms with Crippen molar-refractivity contribution in [3.05, 3.63) is 69.8 Å². The zero-order valence-electron chi connectivity index (χ0n) is 37.7. The molecule has 0 radical (unpaired) electrons. The average Bonchev–Trinajstić information content (AvgIpc) is 3.26. The van der Waals surface area contributed by atoms with Gasteiger partial charge in [-0.05, 0) is 49.9 Å². The van der Waals surface area contributed by atoms with E-state index in [1.54, 1.807) is 0 Å². The van der Waals surface area contributed by atoms with Crippen molar-refractivity contribution in [1.29, 1.82) is 0 Å². The number of unbranched alkanes of at least 4 members (excludes halogenated alkanes) is 20. The Morgan fingerprint density at radius 3 is 0.918 bits per heavy atom. The van der Waals surface area contributed by atoms with Crippen LogP contribution in [0.4, 0.5) is 13.2 Å². The Morgan fingerprint density at radius 2 is 0.656 bits per heavy atom. The van der Waals surface area contributed by atoms with Crippen LogP contribution in [0.1, 0.15) is 234 Å². The second kappa shape index (κ2) is 31.9. The predicted molar refractivity (Wildman–Crippen MR) is 235 cm³/mol. The first kappa shape index (κ1) is 53.2. The van der Waals surface area contributed by atoms with Crippen LogP contribution in [0.25, 0.3) is 0 Å². The van der Waals surface area contributed by atoms with E-state index in [4.69, 9.17) is 18.9 Å². The number of benzene rings is 2. The smallest absolute Gasteiger partial charge is 0.339 e. The highest BCUT2D eigenvalue weighted by Crippen LogP contribution is 2.41. The lowest BCUT2D eigenvalue weighted by Crippen LogP contribution is -2.32. The summed E-state index contributed by atoms with van der Waals surface area (Å²) in [4.78, 5) is 53.8. The summed E-state index contributed by atoms with van der Waals surface area (Å²) in [6, 6.07) is 6.02. The van der Waals surface area contributed by atoms with Crippen molar-refractivity contribution < 1.29 is 51.3 Å². The summed E-state index contributed by atoms with van der Waals surface area (Å²) in [5.74, 6) is -3.65. The number of carbonyl (C=O) groups excluding carboxylic acids is 4. The van der Waals surface area contributed by atoms with Gasteiger partial charge < -0.3 is 18.9 Å². The lowest BCUT2D eigenvalue weighted by Gasteiger charge is -2.27. The van der Waals surface area contributed by atoms with E-state index in [1.165, 1.54) is 0 Å². The maximum Gasteiger partial charge on any atom is 0.339 e. The first-order chi connectivity index (χ1) is 29.6. The Labute approximate surface area is 364 Å². The van der Waals surface area contributed by atoms with Crippen LogP contribution < -0.4 is 0 Å². The number of rotatable bonds is 35. The van der Waals surface area contributed by atoms with Gasteiger partial charge in [0.2, 0.25) is 5.67 Å². The molecule has 0 aliphatic rings. The van der Waals surface area contributed by atoms with Crippen molar-refractivity contribution in [1.82, 2.24) is 0 Å². The van der Waals surface area contributed by atoms with Gasteiger partial charge in [0.15, 0.2) is 0 Å². The second-order valence-electron chi connectivity index (χ2n) is 16.1. The lowest BCUT2D eigenvalue weighted by atomic mass is 9.85. The Bertz CT molecular complexity index is 1450. The van der Waals surface area contributed by atoms with Crippen molar-refractivity contribution in [2.24, 2.45) is 0 Å². The van der Waals surface area contributed by atoms with Gasteiger partial charge >= 0.3 is 23.9 Å². The van der Waals surface area contributed by atoms with Crippen LogP contribution in [0, 0.1) is 0 Å². The first-order valence-corrected chi connectivity index (χ1v) is 23.5. The highest BCUT2D eigenvalue weighted by Gasteiger charge is 2.46. The van der Waals surface area contributed by atoms with Gasteiger partial charge in [0.05, 0.1) is 48.7 Å².